The Balaban J connectivity index is 0.000000734. The molecule has 0 aromatic heterocycles. The molecule has 0 saturated carbocycles. The monoisotopic (exact) mass is 313 g/mol. The summed E-state index contributed by atoms with van der Waals surface area (Å²) in [6, 6.07) is 0. The summed E-state index contributed by atoms with van der Waals surface area (Å²) in [5.41, 5.74) is 5.47. The number of hydrogen-bond donors (Lipinski definition) is 1. The van der Waals surface area contributed by atoms with Crippen molar-refractivity contribution in [2.24, 2.45) is 5.73 Å². The third kappa shape index (κ3) is 19.9. The first-order valence-corrected chi connectivity index (χ1v) is 10.2. The molecule has 1 rings (SSSR count). The smallest absolute Gasteiger partial charge is 0.0466 e. The molecule has 0 unspecified atom stereocenters. The van der Waals surface area contributed by atoms with Crippen molar-refractivity contribution in [3.05, 3.63) is 0 Å². The normalized spacial score (nSPS) is 13.9. The van der Waals surface area contributed by atoms with Crippen molar-refractivity contribution in [1.29, 1.82) is 0 Å². The van der Waals surface area contributed by atoms with E-state index in [4.69, 9.17) is 10.5 Å². The highest BCUT2D eigenvalue weighted by Crippen LogP contribution is 2.12. The van der Waals surface area contributed by atoms with Gasteiger partial charge in [0.05, 0.1) is 0 Å². The van der Waals surface area contributed by atoms with Crippen molar-refractivity contribution in [1.82, 2.24) is 0 Å². The van der Waals surface area contributed by atoms with Gasteiger partial charge in [-0.3, -0.25) is 0 Å². The topological polar surface area (TPSA) is 35.2 Å². The summed E-state index contributed by atoms with van der Waals surface area (Å²) in [7, 11) is 0. The van der Waals surface area contributed by atoms with Crippen LogP contribution >= 0.6 is 0 Å². The van der Waals surface area contributed by atoms with E-state index in [-0.39, 0.29) is 0 Å². The van der Waals surface area contributed by atoms with Crippen LogP contribution in [0.4, 0.5) is 0 Å². The molecule has 1 aliphatic rings. The number of nitrogens with two attached hydrogens (primary N) is 1. The first-order chi connectivity index (χ1) is 10.9. The zero-order valence-electron chi connectivity index (χ0n) is 15.4. The van der Waals surface area contributed by atoms with Gasteiger partial charge in [-0.15, -0.1) is 0 Å². The first-order valence-electron chi connectivity index (χ1n) is 10.2. The minimum absolute atomic E-state index is 0.873. The zero-order chi connectivity index (χ0) is 16.1. The number of rotatable bonds is 14. The molecule has 0 atom stereocenters. The molecule has 134 valence electrons. The molecule has 0 aromatic rings. The maximum atomic E-state index is 5.47. The van der Waals surface area contributed by atoms with Crippen molar-refractivity contribution < 1.29 is 4.74 Å². The maximum absolute atomic E-state index is 5.47. The minimum atomic E-state index is 0.873. The Bertz CT molecular complexity index is 159. The van der Waals surface area contributed by atoms with Gasteiger partial charge in [0.25, 0.3) is 0 Å². The molecule has 0 aliphatic carbocycles. The van der Waals surface area contributed by atoms with Crippen molar-refractivity contribution in [3.8, 4) is 0 Å². The molecule has 22 heavy (non-hydrogen) atoms. The summed E-state index contributed by atoms with van der Waals surface area (Å²) in [5, 5.41) is 0. The molecule has 2 heteroatoms. The highest BCUT2D eigenvalue weighted by Gasteiger charge is 1.95. The molecule has 1 fully saturated rings. The van der Waals surface area contributed by atoms with E-state index in [1.54, 1.807) is 0 Å². The lowest BCUT2D eigenvalue weighted by Crippen LogP contribution is -1.97. The van der Waals surface area contributed by atoms with Crippen LogP contribution in [0.3, 0.4) is 0 Å². The van der Waals surface area contributed by atoms with E-state index in [2.05, 4.69) is 6.92 Å². The molecule has 0 spiro atoms. The van der Waals surface area contributed by atoms with Gasteiger partial charge in [-0.05, 0) is 25.8 Å². The Labute approximate surface area is 140 Å². The Kier molecular flexibility index (Phi) is 20.8. The highest BCUT2D eigenvalue weighted by atomic mass is 16.5. The Morgan fingerprint density at radius 3 is 1.23 bits per heavy atom. The van der Waals surface area contributed by atoms with Gasteiger partial charge >= 0.3 is 0 Å². The van der Waals surface area contributed by atoms with Gasteiger partial charge in [0.15, 0.2) is 0 Å². The predicted octanol–water partition coefficient (Wildman–Crippen LogP) is 6.22. The van der Waals surface area contributed by atoms with Crippen LogP contribution in [0, 0.1) is 0 Å². The van der Waals surface area contributed by atoms with E-state index >= 15 is 0 Å². The average molecular weight is 314 g/mol. The molecule has 1 aliphatic heterocycles. The summed E-state index contributed by atoms with van der Waals surface area (Å²) in [5.74, 6) is 0. The van der Waals surface area contributed by atoms with E-state index in [1.807, 2.05) is 0 Å². The summed E-state index contributed by atoms with van der Waals surface area (Å²) in [6.07, 6.45) is 22.4. The summed E-state index contributed by atoms with van der Waals surface area (Å²) in [6.45, 7) is 5.16. The molecule has 0 aromatic carbocycles. The van der Waals surface area contributed by atoms with Crippen LogP contribution in [0.25, 0.3) is 0 Å². The number of hydrogen-bond acceptors (Lipinski definition) is 2. The first kappa shape index (κ1) is 21.9. The third-order valence-electron chi connectivity index (χ3n) is 4.39. The Morgan fingerprint density at radius 2 is 0.955 bits per heavy atom. The van der Waals surface area contributed by atoms with Crippen LogP contribution < -0.4 is 5.73 Å². The SMILES string of the molecule is C1CCOC1.CCCCCCCCCCCCCCCCN. The number of ether oxygens (including phenoxy) is 1. The fourth-order valence-electron chi connectivity index (χ4n) is 2.85. The van der Waals surface area contributed by atoms with Gasteiger partial charge in [-0.2, -0.15) is 0 Å². The van der Waals surface area contributed by atoms with E-state index in [9.17, 15) is 0 Å². The van der Waals surface area contributed by atoms with Crippen LogP contribution in [0.15, 0.2) is 0 Å². The second kappa shape index (κ2) is 20.9. The molecule has 2 N–H and O–H groups in total. The lowest BCUT2D eigenvalue weighted by atomic mass is 10.0. The molecular formula is C20H43NO. The second-order valence-electron chi connectivity index (χ2n) is 6.70. The molecule has 1 saturated heterocycles. The lowest BCUT2D eigenvalue weighted by Gasteiger charge is -2.02. The second-order valence-corrected chi connectivity index (χ2v) is 6.70. The summed E-state index contributed by atoms with van der Waals surface area (Å²) >= 11 is 0. The van der Waals surface area contributed by atoms with Crippen LogP contribution in [0.1, 0.15) is 110 Å². The Morgan fingerprint density at radius 1 is 0.591 bits per heavy atom. The summed E-state index contributed by atoms with van der Waals surface area (Å²) < 4.78 is 4.94. The van der Waals surface area contributed by atoms with Crippen molar-refractivity contribution in [3.63, 3.8) is 0 Å². The van der Waals surface area contributed by atoms with Gasteiger partial charge in [0, 0.05) is 13.2 Å². The van der Waals surface area contributed by atoms with Crippen LogP contribution in [0.2, 0.25) is 0 Å². The van der Waals surface area contributed by atoms with Gasteiger partial charge < -0.3 is 10.5 Å². The predicted molar refractivity (Wildman–Crippen MR) is 99.4 cm³/mol. The zero-order valence-corrected chi connectivity index (χ0v) is 15.4. The van der Waals surface area contributed by atoms with Crippen LogP contribution in [-0.4, -0.2) is 19.8 Å². The lowest BCUT2D eigenvalue weighted by molar-refractivity contribution is 0.198. The quantitative estimate of drug-likeness (QED) is 0.386. The Hall–Kier alpha value is -0.0800. The van der Waals surface area contributed by atoms with Gasteiger partial charge in [-0.25, -0.2) is 0 Å². The van der Waals surface area contributed by atoms with Crippen molar-refractivity contribution in [2.75, 3.05) is 19.8 Å². The fraction of sp³-hybridized carbons (Fsp3) is 1.00. The largest absolute Gasteiger partial charge is 0.381 e. The van der Waals surface area contributed by atoms with Crippen LogP contribution in [0.5, 0.6) is 0 Å². The van der Waals surface area contributed by atoms with Crippen molar-refractivity contribution >= 4 is 0 Å². The average Bonchev–Trinajstić information content (AvgIpc) is 3.12. The third-order valence-corrected chi connectivity index (χ3v) is 4.39. The highest BCUT2D eigenvalue weighted by molar-refractivity contribution is 4.49. The van der Waals surface area contributed by atoms with E-state index in [1.165, 1.54) is 103 Å². The van der Waals surface area contributed by atoms with Crippen molar-refractivity contribution in [2.45, 2.75) is 110 Å². The van der Waals surface area contributed by atoms with E-state index in [0.717, 1.165) is 19.8 Å². The van der Waals surface area contributed by atoms with E-state index < -0.39 is 0 Å². The molecular weight excluding hydrogens is 270 g/mol. The molecule has 1 heterocycles. The fourth-order valence-corrected chi connectivity index (χ4v) is 2.85. The van der Waals surface area contributed by atoms with Gasteiger partial charge in [0.2, 0.25) is 0 Å². The molecule has 0 amide bonds. The molecule has 2 nitrogen and oxygen atoms in total. The standard InChI is InChI=1S/C16H35N.C4H8O/c1-2-3-4-5-6-7-8-9-10-11-12-13-14-15-16-17;1-2-4-5-3-1/h2-17H2,1H3;1-4H2. The maximum Gasteiger partial charge on any atom is 0.0466 e. The van der Waals surface area contributed by atoms with Gasteiger partial charge in [0.1, 0.15) is 0 Å². The molecule has 0 radical (unpaired) electrons. The molecule has 0 bridgehead atoms. The summed E-state index contributed by atoms with van der Waals surface area (Å²) in [4.78, 5) is 0. The minimum Gasteiger partial charge on any atom is -0.381 e. The van der Waals surface area contributed by atoms with Gasteiger partial charge in [-0.1, -0.05) is 90.4 Å². The number of unbranched alkanes of at least 4 members (excludes halogenated alkanes) is 13. The van der Waals surface area contributed by atoms with E-state index in [0.29, 0.717) is 0 Å². The van der Waals surface area contributed by atoms with Crippen LogP contribution in [-0.2, 0) is 4.74 Å².